The minimum Gasteiger partial charge on any atom is -0.410 e. The molecule has 7 rings (SSSR count). The van der Waals surface area contributed by atoms with E-state index in [4.69, 9.17) is 20.9 Å². The van der Waals surface area contributed by atoms with Crippen molar-refractivity contribution < 1.29 is 10.4 Å². The van der Waals surface area contributed by atoms with Crippen LogP contribution in [0.3, 0.4) is 0 Å². The van der Waals surface area contributed by atoms with Gasteiger partial charge in [0.25, 0.3) is 0 Å². The summed E-state index contributed by atoms with van der Waals surface area (Å²) in [5.74, 6) is 2.09. The fourth-order valence-electron chi connectivity index (χ4n) is 5.41. The summed E-state index contributed by atoms with van der Waals surface area (Å²) in [6.07, 6.45) is 0. The molecule has 0 bridgehead atoms. The van der Waals surface area contributed by atoms with E-state index < -0.39 is 0 Å². The topological polar surface area (TPSA) is 148 Å². The number of aryl methyl sites for hydroxylation is 2. The Morgan fingerprint density at radius 3 is 1.25 bits per heavy atom. The van der Waals surface area contributed by atoms with Crippen molar-refractivity contribution in [2.24, 2.45) is 10.3 Å². The van der Waals surface area contributed by atoms with Crippen molar-refractivity contribution in [3.8, 4) is 12.1 Å². The Balaban J connectivity index is 0.000000180. The summed E-state index contributed by atoms with van der Waals surface area (Å²) in [5.41, 5.74) is 8.27. The molecule has 0 aliphatic rings. The number of nitrogens with zero attached hydrogens (tertiary/aromatic N) is 8. The number of hydrogen-bond acceptors (Lipinski definition) is 8. The second-order valence-electron chi connectivity index (χ2n) is 11.4. The second kappa shape index (κ2) is 17.7. The van der Waals surface area contributed by atoms with Gasteiger partial charge < -0.3 is 19.5 Å². The molecule has 12 heteroatoms. The standard InChI is InChI=1S/C24H22N4.2C8H5BrN2O/c1-17-25-21-7-3-5-9-23(21)27(17)15-19-11-13-20(14-12-19)16-28-18(2)26-22-8-4-6-10-24(22)28;2*9-7-3-1-6(2-4-7)8(5-10)11-12/h3-14H,15-16H2,1-2H3;2*1-4,12H/b;2*11-8+. The van der Waals surface area contributed by atoms with Gasteiger partial charge >= 0.3 is 0 Å². The number of nitriles is 2. The molecule has 0 saturated carbocycles. The van der Waals surface area contributed by atoms with E-state index in [1.807, 2.05) is 12.1 Å². The van der Waals surface area contributed by atoms with Crippen LogP contribution >= 0.6 is 31.9 Å². The number of imidazole rings is 2. The lowest BCUT2D eigenvalue weighted by Gasteiger charge is -2.10. The van der Waals surface area contributed by atoms with Gasteiger partial charge in [0, 0.05) is 33.2 Å². The monoisotopic (exact) mass is 814 g/mol. The maximum Gasteiger partial charge on any atom is 0.186 e. The lowest BCUT2D eigenvalue weighted by molar-refractivity contribution is 0.320. The average molecular weight is 817 g/mol. The molecule has 0 unspecified atom stereocenters. The third-order valence-corrected chi connectivity index (χ3v) is 9.10. The molecule has 0 fully saturated rings. The molecule has 258 valence electrons. The minimum atomic E-state index is 0.0162. The first-order valence-electron chi connectivity index (χ1n) is 15.9. The predicted octanol–water partition coefficient (Wildman–Crippen LogP) is 9.40. The summed E-state index contributed by atoms with van der Waals surface area (Å²) in [4.78, 5) is 9.34. The quantitative estimate of drug-likeness (QED) is 0.0971. The van der Waals surface area contributed by atoms with Crippen LogP contribution in [0.15, 0.2) is 141 Å². The molecule has 5 aromatic carbocycles. The number of oxime groups is 2. The van der Waals surface area contributed by atoms with E-state index in [-0.39, 0.29) is 11.4 Å². The fourth-order valence-corrected chi connectivity index (χ4v) is 5.94. The third kappa shape index (κ3) is 9.17. The van der Waals surface area contributed by atoms with Crippen LogP contribution in [0.4, 0.5) is 0 Å². The number of fused-ring (bicyclic) bond motifs is 2. The number of rotatable bonds is 6. The summed E-state index contributed by atoms with van der Waals surface area (Å²) in [5, 5.41) is 39.5. The normalized spacial score (nSPS) is 11.2. The Labute approximate surface area is 317 Å². The van der Waals surface area contributed by atoms with Crippen molar-refractivity contribution in [1.82, 2.24) is 19.1 Å². The molecule has 0 aliphatic heterocycles. The van der Waals surface area contributed by atoms with Gasteiger partial charge in [-0.3, -0.25) is 0 Å². The zero-order chi connectivity index (χ0) is 37.0. The molecule has 0 radical (unpaired) electrons. The van der Waals surface area contributed by atoms with E-state index >= 15 is 0 Å². The van der Waals surface area contributed by atoms with Crippen LogP contribution in [0.5, 0.6) is 0 Å². The van der Waals surface area contributed by atoms with E-state index in [9.17, 15) is 0 Å². The second-order valence-corrected chi connectivity index (χ2v) is 13.3. The van der Waals surface area contributed by atoms with Crippen LogP contribution < -0.4 is 0 Å². The Hall–Kier alpha value is -6.08. The molecule has 2 N–H and O–H groups in total. The molecule has 2 aromatic heterocycles. The fraction of sp³-hybridized carbons (Fsp3) is 0.100. The number of halogens is 2. The third-order valence-electron chi connectivity index (χ3n) is 8.04. The first-order chi connectivity index (χ1) is 25.2. The average Bonchev–Trinajstić information content (AvgIpc) is 3.66. The van der Waals surface area contributed by atoms with E-state index in [2.05, 4.69) is 136 Å². The Morgan fingerprint density at radius 2 is 0.923 bits per heavy atom. The van der Waals surface area contributed by atoms with E-state index in [1.165, 1.54) is 22.2 Å². The van der Waals surface area contributed by atoms with Crippen LogP contribution in [-0.2, 0) is 13.1 Å². The van der Waals surface area contributed by atoms with Gasteiger partial charge in [-0.2, -0.15) is 10.5 Å². The smallest absolute Gasteiger partial charge is 0.186 e. The highest BCUT2D eigenvalue weighted by Crippen LogP contribution is 2.20. The van der Waals surface area contributed by atoms with Crippen LogP contribution in [-0.4, -0.2) is 40.9 Å². The molecule has 7 aromatic rings. The van der Waals surface area contributed by atoms with Crippen molar-refractivity contribution in [1.29, 1.82) is 10.5 Å². The summed E-state index contributed by atoms with van der Waals surface area (Å²) in [6, 6.07) is 42.9. The summed E-state index contributed by atoms with van der Waals surface area (Å²) >= 11 is 6.51. The summed E-state index contributed by atoms with van der Waals surface area (Å²) in [7, 11) is 0. The minimum absolute atomic E-state index is 0.0162. The Bertz CT molecular complexity index is 2260. The molecule has 0 aliphatic carbocycles. The summed E-state index contributed by atoms with van der Waals surface area (Å²) in [6.45, 7) is 5.81. The van der Waals surface area contributed by atoms with Gasteiger partial charge in [0.05, 0.1) is 22.1 Å². The number of aromatic nitrogens is 4. The molecule has 2 heterocycles. The first-order valence-corrected chi connectivity index (χ1v) is 17.5. The van der Waals surface area contributed by atoms with Crippen molar-refractivity contribution in [2.45, 2.75) is 26.9 Å². The highest BCUT2D eigenvalue weighted by atomic mass is 79.9. The molecule has 0 atom stereocenters. The van der Waals surface area contributed by atoms with Gasteiger partial charge in [0.15, 0.2) is 11.4 Å². The number of para-hydroxylation sites is 4. The highest BCUT2D eigenvalue weighted by Gasteiger charge is 2.09. The van der Waals surface area contributed by atoms with Crippen LogP contribution in [0.2, 0.25) is 0 Å². The largest absolute Gasteiger partial charge is 0.410 e. The molecule has 0 amide bonds. The number of benzene rings is 5. The molecule has 0 saturated heterocycles. The van der Waals surface area contributed by atoms with Gasteiger partial charge in [0.1, 0.15) is 23.8 Å². The molecule has 0 spiro atoms. The SMILES string of the molecule is Cc1nc2ccccc2n1Cc1ccc(Cn2c(C)nc3ccccc32)cc1.N#C/C(=N\O)c1ccc(Br)cc1.N#C/C(=N\O)c1ccc(Br)cc1. The van der Waals surface area contributed by atoms with E-state index in [0.29, 0.717) is 11.1 Å². The highest BCUT2D eigenvalue weighted by molar-refractivity contribution is 9.10. The lowest BCUT2D eigenvalue weighted by atomic mass is 10.1. The molecule has 10 nitrogen and oxygen atoms in total. The first kappa shape index (κ1) is 37.2. The van der Waals surface area contributed by atoms with E-state index in [1.54, 1.807) is 60.7 Å². The zero-order valence-electron chi connectivity index (χ0n) is 28.2. The molecular weight excluding hydrogens is 784 g/mol. The maximum absolute atomic E-state index is 8.50. The number of hydrogen-bond donors (Lipinski definition) is 2. The van der Waals surface area contributed by atoms with Crippen LogP contribution in [0, 0.1) is 36.5 Å². The summed E-state index contributed by atoms with van der Waals surface area (Å²) < 4.78 is 6.39. The Kier molecular flexibility index (Phi) is 12.7. The van der Waals surface area contributed by atoms with Gasteiger partial charge in [-0.1, -0.05) is 115 Å². The maximum atomic E-state index is 8.50. The van der Waals surface area contributed by atoms with Gasteiger partial charge in [-0.25, -0.2) is 9.97 Å². The van der Waals surface area contributed by atoms with Crippen LogP contribution in [0.25, 0.3) is 22.1 Å². The Morgan fingerprint density at radius 1 is 0.577 bits per heavy atom. The van der Waals surface area contributed by atoms with Crippen molar-refractivity contribution in [2.75, 3.05) is 0 Å². The van der Waals surface area contributed by atoms with E-state index in [0.717, 1.165) is 44.7 Å². The van der Waals surface area contributed by atoms with Gasteiger partial charge in [-0.15, -0.1) is 0 Å². The van der Waals surface area contributed by atoms with Crippen molar-refractivity contribution in [3.63, 3.8) is 0 Å². The predicted molar refractivity (Wildman–Crippen MR) is 210 cm³/mol. The molecular formula is C40H32Br2N8O2. The van der Waals surface area contributed by atoms with Crippen LogP contribution in [0.1, 0.15) is 33.9 Å². The van der Waals surface area contributed by atoms with Crippen molar-refractivity contribution >= 4 is 65.4 Å². The lowest BCUT2D eigenvalue weighted by Crippen LogP contribution is -2.04. The molecule has 52 heavy (non-hydrogen) atoms. The van der Waals surface area contributed by atoms with Crippen molar-refractivity contribution in [3.05, 3.63) is 164 Å². The zero-order valence-corrected chi connectivity index (χ0v) is 31.4. The van der Waals surface area contributed by atoms with Gasteiger partial charge in [0.2, 0.25) is 0 Å². The van der Waals surface area contributed by atoms with Gasteiger partial charge in [-0.05, 0) is 73.5 Å².